The molecule has 2 rings (SSSR count). The number of nitrogens with one attached hydrogen (secondary N) is 1. The van der Waals surface area contributed by atoms with Crippen LogP contribution in [0.5, 0.6) is 0 Å². The Labute approximate surface area is 114 Å². The van der Waals surface area contributed by atoms with Crippen LogP contribution in [0, 0.1) is 0 Å². The minimum Gasteiger partial charge on any atom is -0.395 e. The summed E-state index contributed by atoms with van der Waals surface area (Å²) in [7, 11) is 1.94. The van der Waals surface area contributed by atoms with Crippen LogP contribution in [0.3, 0.4) is 0 Å². The first-order valence-corrected chi connectivity index (χ1v) is 6.59. The summed E-state index contributed by atoms with van der Waals surface area (Å²) in [4.78, 5) is 6.41. The highest BCUT2D eigenvalue weighted by Crippen LogP contribution is 2.29. The van der Waals surface area contributed by atoms with Crippen molar-refractivity contribution < 1.29 is 5.11 Å². The molecule has 0 amide bonds. The fourth-order valence-electron chi connectivity index (χ4n) is 2.19. The Morgan fingerprint density at radius 2 is 2.05 bits per heavy atom. The Hall–Kier alpha value is -1.81. The van der Waals surface area contributed by atoms with Crippen LogP contribution in [-0.2, 0) is 0 Å². The first-order chi connectivity index (χ1) is 9.13. The molecule has 0 unspecified atom stereocenters. The number of pyridine rings is 1. The molecular weight excluding hydrogens is 238 g/mol. The summed E-state index contributed by atoms with van der Waals surface area (Å²) < 4.78 is 0. The first kappa shape index (κ1) is 13.6. The summed E-state index contributed by atoms with van der Waals surface area (Å²) >= 11 is 0. The molecule has 0 aliphatic carbocycles. The van der Waals surface area contributed by atoms with Gasteiger partial charge < -0.3 is 15.3 Å². The second-order valence-corrected chi connectivity index (χ2v) is 4.98. The highest BCUT2D eigenvalue weighted by atomic mass is 16.3. The van der Waals surface area contributed by atoms with Gasteiger partial charge in [0.25, 0.3) is 0 Å². The van der Waals surface area contributed by atoms with Crippen molar-refractivity contribution in [2.75, 3.05) is 30.4 Å². The molecule has 0 saturated heterocycles. The number of fused-ring (bicyclic) bond motifs is 1. The molecule has 0 fully saturated rings. The second-order valence-electron chi connectivity index (χ2n) is 4.98. The van der Waals surface area contributed by atoms with Crippen molar-refractivity contribution in [1.82, 2.24) is 4.98 Å². The molecular formula is C15H21N3O. The molecule has 2 aromatic rings. The van der Waals surface area contributed by atoms with Crippen LogP contribution >= 0.6 is 0 Å². The van der Waals surface area contributed by atoms with Crippen LogP contribution in [0.4, 0.5) is 11.5 Å². The van der Waals surface area contributed by atoms with Gasteiger partial charge in [0.05, 0.1) is 6.61 Å². The third-order valence-corrected chi connectivity index (χ3v) is 3.03. The fourth-order valence-corrected chi connectivity index (χ4v) is 2.19. The molecule has 4 heteroatoms. The number of rotatable bonds is 5. The predicted octanol–water partition coefficient (Wildman–Crippen LogP) is 2.48. The third-order valence-electron chi connectivity index (χ3n) is 3.03. The van der Waals surface area contributed by atoms with E-state index >= 15 is 0 Å². The quantitative estimate of drug-likeness (QED) is 0.866. The van der Waals surface area contributed by atoms with E-state index in [0.29, 0.717) is 12.6 Å². The van der Waals surface area contributed by atoms with E-state index in [1.165, 1.54) is 0 Å². The van der Waals surface area contributed by atoms with Crippen LogP contribution in [-0.4, -0.2) is 36.3 Å². The number of nitrogens with zero attached hydrogens (tertiary/aromatic N) is 2. The number of aliphatic hydroxyl groups excluding tert-OH is 1. The summed E-state index contributed by atoms with van der Waals surface area (Å²) in [6, 6.07) is 8.59. The summed E-state index contributed by atoms with van der Waals surface area (Å²) in [5.74, 6) is 0.902. The van der Waals surface area contributed by atoms with E-state index in [-0.39, 0.29) is 6.61 Å². The first-order valence-electron chi connectivity index (χ1n) is 6.59. The highest BCUT2D eigenvalue weighted by molar-refractivity contribution is 6.00. The maximum atomic E-state index is 9.06. The predicted molar refractivity (Wildman–Crippen MR) is 80.9 cm³/mol. The number of hydrogen-bond donors (Lipinski definition) is 2. The van der Waals surface area contributed by atoms with E-state index in [4.69, 9.17) is 5.11 Å². The average molecular weight is 259 g/mol. The van der Waals surface area contributed by atoms with E-state index in [2.05, 4.69) is 36.3 Å². The molecule has 1 aromatic heterocycles. The molecule has 0 aliphatic heterocycles. The van der Waals surface area contributed by atoms with Crippen molar-refractivity contribution >= 4 is 22.3 Å². The zero-order valence-electron chi connectivity index (χ0n) is 11.7. The van der Waals surface area contributed by atoms with Crippen LogP contribution in [0.25, 0.3) is 10.8 Å². The molecule has 0 atom stereocenters. The molecule has 2 N–H and O–H groups in total. The smallest absolute Gasteiger partial charge is 0.136 e. The number of benzene rings is 1. The van der Waals surface area contributed by atoms with Crippen molar-refractivity contribution in [3.8, 4) is 0 Å². The van der Waals surface area contributed by atoms with Gasteiger partial charge >= 0.3 is 0 Å². The Balaban J connectivity index is 2.51. The van der Waals surface area contributed by atoms with Gasteiger partial charge in [0.1, 0.15) is 5.82 Å². The van der Waals surface area contributed by atoms with Crippen molar-refractivity contribution in [3.05, 3.63) is 30.5 Å². The highest BCUT2D eigenvalue weighted by Gasteiger charge is 2.09. The zero-order chi connectivity index (χ0) is 13.8. The topological polar surface area (TPSA) is 48.4 Å². The Kier molecular flexibility index (Phi) is 4.22. The molecule has 0 radical (unpaired) electrons. The lowest BCUT2D eigenvalue weighted by molar-refractivity contribution is 0.304. The Morgan fingerprint density at radius 3 is 2.74 bits per heavy atom. The summed E-state index contributed by atoms with van der Waals surface area (Å²) in [5.41, 5.74) is 1.12. The fraction of sp³-hybridized carbons (Fsp3) is 0.400. The second kappa shape index (κ2) is 5.89. The summed E-state index contributed by atoms with van der Waals surface area (Å²) in [6.07, 6.45) is 1.82. The molecule has 4 nitrogen and oxygen atoms in total. The SMILES string of the molecule is CC(C)Nc1cccc2c(N(C)CCO)nccc12. The normalized spacial score (nSPS) is 11.0. The molecule has 0 bridgehead atoms. The lowest BCUT2D eigenvalue weighted by Crippen LogP contribution is -2.22. The third kappa shape index (κ3) is 2.96. The molecule has 0 spiro atoms. The maximum absolute atomic E-state index is 9.06. The van der Waals surface area contributed by atoms with Crippen LogP contribution in [0.2, 0.25) is 0 Å². The van der Waals surface area contributed by atoms with Gasteiger partial charge in [0, 0.05) is 42.3 Å². The molecule has 19 heavy (non-hydrogen) atoms. The molecule has 102 valence electrons. The standard InChI is InChI=1S/C15H21N3O/c1-11(2)17-14-6-4-5-13-12(14)7-8-16-15(13)18(3)9-10-19/h4-8,11,17,19H,9-10H2,1-3H3. The van der Waals surface area contributed by atoms with Crippen LogP contribution in [0.15, 0.2) is 30.5 Å². The zero-order valence-corrected chi connectivity index (χ0v) is 11.7. The minimum atomic E-state index is 0.124. The largest absolute Gasteiger partial charge is 0.395 e. The average Bonchev–Trinajstić information content (AvgIpc) is 2.38. The van der Waals surface area contributed by atoms with E-state index in [1.54, 1.807) is 0 Å². The van der Waals surface area contributed by atoms with Crippen LogP contribution < -0.4 is 10.2 Å². The number of anilines is 2. The number of likely N-dealkylation sites (N-methyl/N-ethyl adjacent to an activating group) is 1. The van der Waals surface area contributed by atoms with E-state index in [0.717, 1.165) is 22.3 Å². The number of aliphatic hydroxyl groups is 1. The van der Waals surface area contributed by atoms with Crippen LogP contribution in [0.1, 0.15) is 13.8 Å². The van der Waals surface area contributed by atoms with Gasteiger partial charge in [0.2, 0.25) is 0 Å². The van der Waals surface area contributed by atoms with Gasteiger partial charge in [-0.2, -0.15) is 0 Å². The van der Waals surface area contributed by atoms with E-state index in [1.807, 2.05) is 30.3 Å². The van der Waals surface area contributed by atoms with Crippen molar-refractivity contribution in [2.45, 2.75) is 19.9 Å². The van der Waals surface area contributed by atoms with Gasteiger partial charge in [0.15, 0.2) is 0 Å². The molecule has 0 saturated carbocycles. The van der Waals surface area contributed by atoms with Gasteiger partial charge in [-0.25, -0.2) is 4.98 Å². The van der Waals surface area contributed by atoms with E-state index < -0.39 is 0 Å². The van der Waals surface area contributed by atoms with E-state index in [9.17, 15) is 0 Å². The van der Waals surface area contributed by atoms with Gasteiger partial charge in [-0.05, 0) is 26.0 Å². The Morgan fingerprint density at radius 1 is 1.26 bits per heavy atom. The van der Waals surface area contributed by atoms with Gasteiger partial charge in [-0.3, -0.25) is 0 Å². The number of aromatic nitrogens is 1. The summed E-state index contributed by atoms with van der Waals surface area (Å²) in [6.45, 7) is 4.95. The molecule has 0 aliphatic rings. The lowest BCUT2D eigenvalue weighted by Gasteiger charge is -2.20. The Bertz CT molecular complexity index is 554. The van der Waals surface area contributed by atoms with Gasteiger partial charge in [-0.1, -0.05) is 12.1 Å². The van der Waals surface area contributed by atoms with Crippen molar-refractivity contribution in [3.63, 3.8) is 0 Å². The molecule has 1 heterocycles. The minimum absolute atomic E-state index is 0.124. The lowest BCUT2D eigenvalue weighted by atomic mass is 10.1. The van der Waals surface area contributed by atoms with Crippen molar-refractivity contribution in [2.24, 2.45) is 0 Å². The van der Waals surface area contributed by atoms with Gasteiger partial charge in [-0.15, -0.1) is 0 Å². The molecule has 1 aromatic carbocycles. The summed E-state index contributed by atoms with van der Waals surface area (Å²) in [5, 5.41) is 14.8. The van der Waals surface area contributed by atoms with Crippen molar-refractivity contribution in [1.29, 1.82) is 0 Å². The monoisotopic (exact) mass is 259 g/mol. The maximum Gasteiger partial charge on any atom is 0.136 e. The number of hydrogen-bond acceptors (Lipinski definition) is 4.